The van der Waals surface area contributed by atoms with E-state index in [2.05, 4.69) is 4.90 Å². The standard InChI is InChI=1S/C17H23N3O3S/c21-17(11-14-3-5-15(6-4-14)20(22)23)19-9-10-24-13-16(19)12-18-7-1-2-8-18/h3-6,16H,1-2,7-13H2. The second kappa shape index (κ2) is 7.98. The minimum absolute atomic E-state index is 0.0625. The van der Waals surface area contributed by atoms with Gasteiger partial charge < -0.3 is 9.80 Å². The predicted molar refractivity (Wildman–Crippen MR) is 95.3 cm³/mol. The first-order valence-corrected chi connectivity index (χ1v) is 9.62. The summed E-state index contributed by atoms with van der Waals surface area (Å²) in [7, 11) is 0. The molecule has 6 nitrogen and oxygen atoms in total. The van der Waals surface area contributed by atoms with E-state index in [9.17, 15) is 14.9 Å². The molecule has 24 heavy (non-hydrogen) atoms. The van der Waals surface area contributed by atoms with Crippen molar-refractivity contribution in [1.82, 2.24) is 9.80 Å². The fraction of sp³-hybridized carbons (Fsp3) is 0.588. The highest BCUT2D eigenvalue weighted by Crippen LogP contribution is 2.21. The maximum atomic E-state index is 12.7. The van der Waals surface area contributed by atoms with E-state index in [-0.39, 0.29) is 17.6 Å². The molecule has 2 aliphatic rings. The summed E-state index contributed by atoms with van der Waals surface area (Å²) in [6.45, 7) is 4.06. The lowest BCUT2D eigenvalue weighted by molar-refractivity contribution is -0.384. The van der Waals surface area contributed by atoms with Crippen LogP contribution in [0.1, 0.15) is 18.4 Å². The first-order chi connectivity index (χ1) is 11.6. The molecule has 1 unspecified atom stereocenters. The van der Waals surface area contributed by atoms with Crippen LogP contribution < -0.4 is 0 Å². The molecule has 2 fully saturated rings. The van der Waals surface area contributed by atoms with Crippen molar-refractivity contribution in [2.75, 3.05) is 37.7 Å². The summed E-state index contributed by atoms with van der Waals surface area (Å²) in [5.74, 6) is 2.12. The van der Waals surface area contributed by atoms with Gasteiger partial charge in [-0.05, 0) is 31.5 Å². The summed E-state index contributed by atoms with van der Waals surface area (Å²) >= 11 is 1.92. The number of nitro benzene ring substituents is 1. The molecule has 0 N–H and O–H groups in total. The lowest BCUT2D eigenvalue weighted by Crippen LogP contribution is -2.51. The summed E-state index contributed by atoms with van der Waals surface area (Å²) in [5, 5.41) is 10.7. The van der Waals surface area contributed by atoms with Crippen LogP contribution in [0.2, 0.25) is 0 Å². The minimum atomic E-state index is -0.417. The van der Waals surface area contributed by atoms with Crippen molar-refractivity contribution in [2.24, 2.45) is 0 Å². The molecule has 2 aliphatic heterocycles. The van der Waals surface area contributed by atoms with Crippen LogP contribution >= 0.6 is 11.8 Å². The summed E-state index contributed by atoms with van der Waals surface area (Å²) in [4.78, 5) is 27.5. The van der Waals surface area contributed by atoms with E-state index < -0.39 is 4.92 Å². The molecule has 3 rings (SSSR count). The highest BCUT2D eigenvalue weighted by molar-refractivity contribution is 7.99. The maximum absolute atomic E-state index is 12.7. The van der Waals surface area contributed by atoms with Crippen LogP contribution in [0, 0.1) is 10.1 Å². The zero-order valence-corrected chi connectivity index (χ0v) is 14.5. The van der Waals surface area contributed by atoms with Gasteiger partial charge in [-0.15, -0.1) is 0 Å². The minimum Gasteiger partial charge on any atom is -0.336 e. The van der Waals surface area contributed by atoms with Crippen LogP contribution in [0.3, 0.4) is 0 Å². The Morgan fingerprint density at radius 2 is 1.92 bits per heavy atom. The van der Waals surface area contributed by atoms with Gasteiger partial charge in [0, 0.05) is 36.7 Å². The lowest BCUT2D eigenvalue weighted by Gasteiger charge is -2.37. The molecule has 1 amide bonds. The van der Waals surface area contributed by atoms with Gasteiger partial charge in [0.05, 0.1) is 17.4 Å². The topological polar surface area (TPSA) is 66.7 Å². The van der Waals surface area contributed by atoms with Gasteiger partial charge in [-0.1, -0.05) is 12.1 Å². The zero-order valence-electron chi connectivity index (χ0n) is 13.7. The number of hydrogen-bond acceptors (Lipinski definition) is 5. The normalized spacial score (nSPS) is 21.8. The first kappa shape index (κ1) is 17.2. The monoisotopic (exact) mass is 349 g/mol. The number of rotatable bonds is 5. The van der Waals surface area contributed by atoms with Crippen LogP contribution in [0.5, 0.6) is 0 Å². The molecule has 7 heteroatoms. The number of benzene rings is 1. The molecular weight excluding hydrogens is 326 g/mol. The molecule has 1 aromatic carbocycles. The van der Waals surface area contributed by atoms with Gasteiger partial charge in [-0.3, -0.25) is 14.9 Å². The second-order valence-electron chi connectivity index (χ2n) is 6.42. The fourth-order valence-electron chi connectivity index (χ4n) is 3.41. The molecule has 0 saturated carbocycles. The zero-order chi connectivity index (χ0) is 16.9. The number of amides is 1. The van der Waals surface area contributed by atoms with Crippen molar-refractivity contribution in [3.8, 4) is 0 Å². The number of thioether (sulfide) groups is 1. The highest BCUT2D eigenvalue weighted by Gasteiger charge is 2.29. The summed E-state index contributed by atoms with van der Waals surface area (Å²) in [6, 6.07) is 6.59. The molecule has 0 spiro atoms. The average molecular weight is 349 g/mol. The number of carbonyl (C=O) groups excluding carboxylic acids is 1. The number of nitrogens with zero attached hydrogens (tertiary/aromatic N) is 3. The van der Waals surface area contributed by atoms with E-state index in [1.54, 1.807) is 12.1 Å². The van der Waals surface area contributed by atoms with Crippen molar-refractivity contribution in [3.05, 3.63) is 39.9 Å². The number of carbonyl (C=O) groups is 1. The van der Waals surface area contributed by atoms with Crippen molar-refractivity contribution in [3.63, 3.8) is 0 Å². The molecule has 0 radical (unpaired) electrons. The number of likely N-dealkylation sites (tertiary alicyclic amines) is 1. The van der Waals surface area contributed by atoms with Crippen LogP contribution in [-0.4, -0.2) is 64.4 Å². The Labute approximate surface area is 146 Å². The lowest BCUT2D eigenvalue weighted by atomic mass is 10.1. The molecule has 2 saturated heterocycles. The van der Waals surface area contributed by atoms with Gasteiger partial charge in [0.15, 0.2) is 0 Å². The van der Waals surface area contributed by atoms with E-state index in [1.165, 1.54) is 25.0 Å². The van der Waals surface area contributed by atoms with Gasteiger partial charge >= 0.3 is 0 Å². The van der Waals surface area contributed by atoms with E-state index in [1.807, 2.05) is 16.7 Å². The van der Waals surface area contributed by atoms with Crippen molar-refractivity contribution in [1.29, 1.82) is 0 Å². The van der Waals surface area contributed by atoms with Crippen LogP contribution in [0.25, 0.3) is 0 Å². The van der Waals surface area contributed by atoms with Crippen molar-refractivity contribution >= 4 is 23.4 Å². The number of hydrogen-bond donors (Lipinski definition) is 0. The predicted octanol–water partition coefficient (Wildman–Crippen LogP) is 2.18. The number of non-ortho nitro benzene ring substituents is 1. The molecule has 2 heterocycles. The summed E-state index contributed by atoms with van der Waals surface area (Å²) in [6.07, 6.45) is 2.84. The van der Waals surface area contributed by atoms with Crippen LogP contribution in [0.4, 0.5) is 5.69 Å². The molecular formula is C17H23N3O3S. The molecule has 1 aromatic rings. The molecule has 130 valence electrons. The van der Waals surface area contributed by atoms with Gasteiger partial charge in [0.1, 0.15) is 0 Å². The van der Waals surface area contributed by atoms with E-state index in [4.69, 9.17) is 0 Å². The molecule has 0 bridgehead atoms. The largest absolute Gasteiger partial charge is 0.336 e. The SMILES string of the molecule is O=C(Cc1ccc([N+](=O)[O-])cc1)N1CCSCC1CN1CCCC1. The summed E-state index contributed by atoms with van der Waals surface area (Å²) < 4.78 is 0. The van der Waals surface area contributed by atoms with Crippen molar-refractivity contribution in [2.45, 2.75) is 25.3 Å². The van der Waals surface area contributed by atoms with Gasteiger partial charge in [0.2, 0.25) is 5.91 Å². The van der Waals surface area contributed by atoms with Gasteiger partial charge in [-0.2, -0.15) is 11.8 Å². The third-order valence-electron chi connectivity index (χ3n) is 4.72. The maximum Gasteiger partial charge on any atom is 0.269 e. The summed E-state index contributed by atoms with van der Waals surface area (Å²) in [5.41, 5.74) is 0.899. The average Bonchev–Trinajstić information content (AvgIpc) is 3.09. The smallest absolute Gasteiger partial charge is 0.269 e. The molecule has 0 aromatic heterocycles. The van der Waals surface area contributed by atoms with E-state index >= 15 is 0 Å². The number of nitro groups is 1. The van der Waals surface area contributed by atoms with Gasteiger partial charge in [0.25, 0.3) is 5.69 Å². The van der Waals surface area contributed by atoms with Crippen LogP contribution in [0.15, 0.2) is 24.3 Å². The Morgan fingerprint density at radius 3 is 2.58 bits per heavy atom. The Bertz CT molecular complexity index is 587. The quantitative estimate of drug-likeness (QED) is 0.602. The van der Waals surface area contributed by atoms with E-state index in [0.29, 0.717) is 6.42 Å². The second-order valence-corrected chi connectivity index (χ2v) is 7.57. The Kier molecular flexibility index (Phi) is 5.73. The fourth-order valence-corrected chi connectivity index (χ4v) is 4.46. The van der Waals surface area contributed by atoms with Crippen LogP contribution in [-0.2, 0) is 11.2 Å². The highest BCUT2D eigenvalue weighted by atomic mass is 32.2. The first-order valence-electron chi connectivity index (χ1n) is 8.46. The molecule has 0 aliphatic carbocycles. The molecule has 1 atom stereocenters. The Balaban J connectivity index is 1.61. The van der Waals surface area contributed by atoms with Gasteiger partial charge in [-0.25, -0.2) is 0 Å². The third-order valence-corrected chi connectivity index (χ3v) is 5.81. The van der Waals surface area contributed by atoms with Crippen molar-refractivity contribution < 1.29 is 9.72 Å². The Morgan fingerprint density at radius 1 is 1.21 bits per heavy atom. The third kappa shape index (κ3) is 4.27. The Hall–Kier alpha value is -1.60. The van der Waals surface area contributed by atoms with E-state index in [0.717, 1.165) is 43.2 Å².